The van der Waals surface area contributed by atoms with Gasteiger partial charge in [-0.15, -0.1) is 0 Å². The van der Waals surface area contributed by atoms with Gasteiger partial charge in [-0.1, -0.05) is 11.8 Å². The van der Waals surface area contributed by atoms with E-state index in [1.807, 2.05) is 0 Å². The first-order valence-electron chi connectivity index (χ1n) is 9.03. The average molecular weight is 405 g/mol. The fourth-order valence-corrected chi connectivity index (χ4v) is 3.19. The number of carbonyl (C=O) groups is 1. The van der Waals surface area contributed by atoms with Gasteiger partial charge in [-0.3, -0.25) is 0 Å². The number of nitrogens with one attached hydrogen (secondary N) is 2. The first-order valence-corrected chi connectivity index (χ1v) is 9.03. The molecule has 1 aromatic heterocycles. The molecule has 0 saturated heterocycles. The Hall–Kier alpha value is -3.06. The third-order valence-corrected chi connectivity index (χ3v) is 4.90. The maximum absolute atomic E-state index is 14.8. The van der Waals surface area contributed by atoms with Crippen LogP contribution in [-0.2, 0) is 18.7 Å². The Morgan fingerprint density at radius 1 is 1.41 bits per heavy atom. The monoisotopic (exact) mass is 405 g/mol. The molecular weight excluding hydrogens is 387 g/mol. The van der Waals surface area contributed by atoms with Gasteiger partial charge in [0.1, 0.15) is 18.8 Å². The summed E-state index contributed by atoms with van der Waals surface area (Å²) >= 11 is 0. The number of benzene rings is 1. The molecule has 0 spiro atoms. The van der Waals surface area contributed by atoms with E-state index in [1.54, 1.807) is 0 Å². The molecule has 2 amide bonds. The van der Waals surface area contributed by atoms with Crippen molar-refractivity contribution in [2.75, 3.05) is 5.32 Å². The van der Waals surface area contributed by atoms with E-state index in [0.29, 0.717) is 6.92 Å². The van der Waals surface area contributed by atoms with Gasteiger partial charge in [0.25, 0.3) is 5.92 Å². The number of nitrogens with zero attached hydrogens (tertiary/aromatic N) is 3. The summed E-state index contributed by atoms with van der Waals surface area (Å²) in [7, 11) is 0. The number of hydrogen-bond acceptors (Lipinski definition) is 4. The van der Waals surface area contributed by atoms with Crippen molar-refractivity contribution in [1.29, 1.82) is 0 Å². The highest BCUT2D eigenvalue weighted by Gasteiger charge is 2.55. The minimum Gasteiger partial charge on any atom is -0.388 e. The Labute approximate surface area is 164 Å². The lowest BCUT2D eigenvalue weighted by Crippen LogP contribution is -2.59. The van der Waals surface area contributed by atoms with E-state index in [1.165, 1.54) is 17.1 Å². The second kappa shape index (κ2) is 6.77. The second-order valence-corrected chi connectivity index (χ2v) is 7.27. The van der Waals surface area contributed by atoms with Crippen LogP contribution in [0.5, 0.6) is 0 Å². The van der Waals surface area contributed by atoms with Gasteiger partial charge in [-0.05, 0) is 25.0 Å². The van der Waals surface area contributed by atoms with Crippen LogP contribution in [0, 0.1) is 23.6 Å². The molecule has 1 saturated carbocycles. The van der Waals surface area contributed by atoms with E-state index in [2.05, 4.69) is 32.6 Å². The molecule has 0 bridgehead atoms. The minimum absolute atomic E-state index is 0.0154. The minimum atomic E-state index is -3.46. The Balaban J connectivity index is 1.79. The van der Waals surface area contributed by atoms with E-state index in [9.17, 15) is 18.0 Å². The van der Waals surface area contributed by atoms with Crippen molar-refractivity contribution in [2.45, 2.75) is 44.4 Å². The fourth-order valence-electron chi connectivity index (χ4n) is 3.19. The van der Waals surface area contributed by atoms with Crippen molar-refractivity contribution in [3.8, 4) is 11.8 Å². The zero-order chi connectivity index (χ0) is 20.8. The molecule has 0 unspecified atom stereocenters. The summed E-state index contributed by atoms with van der Waals surface area (Å²) in [5, 5.41) is 17.7. The Morgan fingerprint density at radius 3 is 2.79 bits per heavy atom. The van der Waals surface area contributed by atoms with Crippen LogP contribution in [0.25, 0.3) is 0 Å². The molecule has 3 N–H and O–H groups in total. The summed E-state index contributed by atoms with van der Waals surface area (Å²) in [6.07, 6.45) is 2.95. The van der Waals surface area contributed by atoms with Crippen molar-refractivity contribution in [1.82, 2.24) is 20.1 Å². The topological polar surface area (TPSA) is 92.1 Å². The first-order chi connectivity index (χ1) is 13.7. The molecule has 10 heteroatoms. The molecule has 2 heterocycles. The molecule has 7 nitrogen and oxygen atoms in total. The van der Waals surface area contributed by atoms with Crippen LogP contribution >= 0.6 is 0 Å². The summed E-state index contributed by atoms with van der Waals surface area (Å²) in [4.78, 5) is 16.0. The number of hydrogen-bond donors (Lipinski definition) is 3. The Kier molecular flexibility index (Phi) is 4.50. The lowest BCUT2D eigenvalue weighted by molar-refractivity contribution is -0.0465. The Morgan fingerprint density at radius 2 is 2.17 bits per heavy atom. The Bertz CT molecular complexity index is 1030. The number of fused-ring (bicyclic) bond motifs is 1. The number of amides is 2. The lowest BCUT2D eigenvalue weighted by Gasteiger charge is -2.40. The van der Waals surface area contributed by atoms with Gasteiger partial charge < -0.3 is 15.7 Å². The van der Waals surface area contributed by atoms with Gasteiger partial charge in [0, 0.05) is 29.7 Å². The van der Waals surface area contributed by atoms with Crippen LogP contribution in [-0.4, -0.2) is 31.8 Å². The molecule has 1 atom stereocenters. The van der Waals surface area contributed by atoms with E-state index in [4.69, 9.17) is 5.11 Å². The molecule has 0 radical (unpaired) electrons. The number of rotatable bonds is 4. The van der Waals surface area contributed by atoms with Gasteiger partial charge in [-0.2, -0.15) is 5.10 Å². The molecule has 2 aliphatic rings. The predicted octanol–water partition coefficient (Wildman–Crippen LogP) is 2.36. The highest BCUT2D eigenvalue weighted by atomic mass is 19.3. The number of halogens is 3. The zero-order valence-electron chi connectivity index (χ0n) is 15.5. The van der Waals surface area contributed by atoms with Crippen LogP contribution in [0.2, 0.25) is 0 Å². The quantitative estimate of drug-likeness (QED) is 0.681. The molecule has 1 aliphatic carbocycles. The van der Waals surface area contributed by atoms with E-state index >= 15 is 0 Å². The maximum Gasteiger partial charge on any atom is 0.320 e. The van der Waals surface area contributed by atoms with Crippen molar-refractivity contribution in [3.05, 3.63) is 41.2 Å². The van der Waals surface area contributed by atoms with E-state index in [0.717, 1.165) is 18.9 Å². The largest absolute Gasteiger partial charge is 0.388 e. The molecular formula is C19H18F3N5O2. The highest BCUT2D eigenvalue weighted by molar-refractivity contribution is 5.95. The van der Waals surface area contributed by atoms with Gasteiger partial charge in [0.15, 0.2) is 11.4 Å². The summed E-state index contributed by atoms with van der Waals surface area (Å²) < 4.78 is 45.5. The molecule has 152 valence electrons. The van der Waals surface area contributed by atoms with Crippen LogP contribution in [0.3, 0.4) is 0 Å². The van der Waals surface area contributed by atoms with Gasteiger partial charge in [-0.25, -0.2) is 27.6 Å². The summed E-state index contributed by atoms with van der Waals surface area (Å²) in [5.74, 6) is 1.29. The first kappa shape index (κ1) is 19.3. The van der Waals surface area contributed by atoms with E-state index < -0.39 is 23.3 Å². The number of anilines is 1. The number of urea groups is 1. The van der Waals surface area contributed by atoms with Crippen LogP contribution in [0.1, 0.15) is 36.7 Å². The summed E-state index contributed by atoms with van der Waals surface area (Å²) in [6.45, 7) is 0.232. The van der Waals surface area contributed by atoms with Crippen molar-refractivity contribution in [3.63, 3.8) is 0 Å². The standard InChI is InChI=1S/C19H18F3N5O2/c1-18(21,22)19(5-4-11-2-3-11)13-7-14(20)12(6-15(13)24-17(29)25-19)8-27-10-23-16(9-28)26-27/h6-7,10-11,28H,2-3,8-9H2,1H3,(H2,24,25,29)/t19-/m0/s1. The zero-order valence-corrected chi connectivity index (χ0v) is 15.5. The summed E-state index contributed by atoms with van der Waals surface area (Å²) in [5.41, 5.74) is -2.29. The second-order valence-electron chi connectivity index (χ2n) is 7.27. The van der Waals surface area contributed by atoms with Crippen molar-refractivity contribution < 1.29 is 23.1 Å². The number of carbonyl (C=O) groups excluding carboxylic acids is 1. The van der Waals surface area contributed by atoms with Gasteiger partial charge >= 0.3 is 6.03 Å². The van der Waals surface area contributed by atoms with E-state index in [-0.39, 0.29) is 41.7 Å². The molecule has 4 rings (SSSR count). The maximum atomic E-state index is 14.8. The molecule has 29 heavy (non-hydrogen) atoms. The van der Waals surface area contributed by atoms with Crippen molar-refractivity contribution >= 4 is 11.7 Å². The summed E-state index contributed by atoms with van der Waals surface area (Å²) in [6, 6.07) is 1.42. The van der Waals surface area contributed by atoms with Crippen LogP contribution < -0.4 is 10.6 Å². The third-order valence-electron chi connectivity index (χ3n) is 4.90. The third kappa shape index (κ3) is 3.53. The van der Waals surface area contributed by atoms with Crippen molar-refractivity contribution in [2.24, 2.45) is 5.92 Å². The van der Waals surface area contributed by atoms with Crippen LogP contribution in [0.15, 0.2) is 18.5 Å². The highest BCUT2D eigenvalue weighted by Crippen LogP contribution is 2.44. The fraction of sp³-hybridized carbons (Fsp3) is 0.421. The number of aliphatic hydroxyl groups is 1. The number of alkyl halides is 2. The molecule has 1 fully saturated rings. The number of aliphatic hydroxyl groups excluding tert-OH is 1. The smallest absolute Gasteiger partial charge is 0.320 e. The average Bonchev–Trinajstić information content (AvgIpc) is 3.37. The van der Waals surface area contributed by atoms with Gasteiger partial charge in [0.05, 0.1) is 6.54 Å². The lowest BCUT2D eigenvalue weighted by atomic mass is 9.81. The molecule has 1 aromatic carbocycles. The molecule has 1 aliphatic heterocycles. The predicted molar refractivity (Wildman–Crippen MR) is 96.4 cm³/mol. The normalized spacial score (nSPS) is 20.9. The SMILES string of the molecule is CC(F)(F)[C@@]1(C#CC2CC2)NC(=O)Nc2cc(Cn3cnc(CO)n3)c(F)cc21. The molecule has 2 aromatic rings. The number of aromatic nitrogens is 3. The van der Waals surface area contributed by atoms with Crippen LogP contribution in [0.4, 0.5) is 23.7 Å². The van der Waals surface area contributed by atoms with Gasteiger partial charge in [0.2, 0.25) is 0 Å².